The van der Waals surface area contributed by atoms with Gasteiger partial charge in [-0.3, -0.25) is 13.2 Å². The predicted molar refractivity (Wildman–Crippen MR) is 351 cm³/mol. The predicted octanol–water partition coefficient (Wildman–Crippen LogP) is 19.5. The lowest BCUT2D eigenvalue weighted by atomic mass is 9.98. The first-order valence-corrected chi connectivity index (χ1v) is 28.4. The molecule has 0 saturated carbocycles. The zero-order chi connectivity index (χ0) is 60.0. The molecule has 0 unspecified atom stereocenters. The van der Waals surface area contributed by atoms with E-state index in [2.05, 4.69) is 224 Å². The van der Waals surface area contributed by atoms with Gasteiger partial charge in [-0.05, 0) is 111 Å². The highest BCUT2D eigenvalue weighted by Gasteiger charge is 2.19. The number of benzene rings is 12. The molecule has 7 nitrogen and oxygen atoms in total. The smallest absolute Gasteiger partial charge is 0.269 e. The van der Waals surface area contributed by atoms with Crippen LogP contribution in [0.15, 0.2) is 296 Å². The minimum Gasteiger partial charge on any atom is -0.458 e. The lowest BCUT2D eigenvalue weighted by Crippen LogP contribution is -2.20. The maximum atomic E-state index is 9.14. The third-order valence-electron chi connectivity index (χ3n) is 17.1. The maximum Gasteiger partial charge on any atom is 0.269 e. The van der Waals surface area contributed by atoms with E-state index in [9.17, 15) is 0 Å². The van der Waals surface area contributed by atoms with Crippen molar-refractivity contribution in [3.8, 4) is 22.3 Å². The van der Waals surface area contributed by atoms with Crippen LogP contribution in [0.2, 0.25) is 0 Å². The molecule has 0 amide bonds. The molecule has 85 heavy (non-hydrogen) atoms. The van der Waals surface area contributed by atoms with E-state index >= 15 is 0 Å². The highest BCUT2D eigenvalue weighted by atomic mass is 16.3. The van der Waals surface area contributed by atoms with E-state index in [4.69, 9.17) is 16.3 Å². The molecule has 0 aliphatic rings. The van der Waals surface area contributed by atoms with Crippen molar-refractivity contribution in [1.29, 1.82) is 0 Å². The summed E-state index contributed by atoms with van der Waals surface area (Å²) >= 11 is 0. The highest BCUT2D eigenvalue weighted by Crippen LogP contribution is 2.40. The second-order valence-electron chi connectivity index (χ2n) is 21.7. The molecule has 8 bridgehead atoms. The Morgan fingerprint density at radius 1 is 0.365 bits per heavy atom. The van der Waals surface area contributed by atoms with E-state index in [-0.39, 0.29) is 17.6 Å². The zero-order valence-electron chi connectivity index (χ0n) is 50.4. The lowest BCUT2D eigenvalue weighted by molar-refractivity contribution is -0.485. The highest BCUT2D eigenvalue weighted by molar-refractivity contribution is 6.23. The molecule has 19 aromatic rings. The molecule has 7 heteroatoms. The number of nitrogens with zero attached hydrogens (tertiary/aromatic N) is 6. The van der Waals surface area contributed by atoms with Gasteiger partial charge >= 0.3 is 0 Å². The number of aromatic nitrogens is 6. The Kier molecular flexibility index (Phi) is 9.21. The number of pyridine rings is 1. The van der Waals surface area contributed by atoms with Gasteiger partial charge in [0.25, 0.3) is 6.33 Å². The van der Waals surface area contributed by atoms with Crippen molar-refractivity contribution in [1.82, 2.24) is 22.6 Å². The SMILES string of the molecule is [2H]c1c([2H])c([2H])c(-c2ccc3c(c2)n2[c-][n+]3c3c(-c4ccccc4)cccc3c3ccccc3c3cccc4c5ccccc5n(c5cccc6c7ccccc7n(c7ccc(nc7)n7c8ccccc8c8ccc(cc87)oc7cccc2c7)c65)c34)c([2H])c1[2H]. The minimum atomic E-state index is -0.449. The summed E-state index contributed by atoms with van der Waals surface area (Å²) in [5, 5.41) is 10.6. The number of para-hydroxylation sites is 6. The molecule has 0 radical (unpaired) electrons. The third-order valence-corrected chi connectivity index (χ3v) is 17.1. The topological polar surface area (TPSA) is 47.8 Å². The summed E-state index contributed by atoms with van der Waals surface area (Å²) in [5.41, 5.74) is 15.6. The number of hydrogen-bond acceptors (Lipinski definition) is 2. The minimum absolute atomic E-state index is 0.104. The number of imidazole rings is 1. The summed E-state index contributed by atoms with van der Waals surface area (Å²) in [6, 6.07) is 87.0. The second-order valence-corrected chi connectivity index (χ2v) is 21.7. The summed E-state index contributed by atoms with van der Waals surface area (Å²) in [5.74, 6) is 0. The average molecular weight is 1090 g/mol. The molecule has 0 saturated heterocycles. The van der Waals surface area contributed by atoms with Crippen LogP contribution in [0.25, 0.3) is 159 Å². The molecule has 19 rings (SSSR count). The van der Waals surface area contributed by atoms with Crippen molar-refractivity contribution >= 4 is 137 Å². The van der Waals surface area contributed by atoms with E-state index in [0.717, 1.165) is 126 Å². The molecular weight excluding hydrogens is 1040 g/mol. The van der Waals surface area contributed by atoms with Crippen LogP contribution in [-0.4, -0.2) is 22.6 Å². The fourth-order valence-corrected chi connectivity index (χ4v) is 13.5. The Bertz CT molecular complexity index is 6390. The number of fused-ring (bicyclic) bond motifs is 9. The maximum absolute atomic E-state index is 9.14. The van der Waals surface area contributed by atoms with E-state index in [1.165, 1.54) is 0 Å². The Morgan fingerprint density at radius 3 is 1.72 bits per heavy atom. The van der Waals surface area contributed by atoms with E-state index in [0.29, 0.717) is 27.8 Å². The molecule has 396 valence electrons. The first-order valence-electron chi connectivity index (χ1n) is 30.9. The molecule has 12 aromatic carbocycles. The summed E-state index contributed by atoms with van der Waals surface area (Å²) in [4.78, 5) is 5.37. The second kappa shape index (κ2) is 18.5. The number of hydrogen-bond donors (Lipinski definition) is 0. The summed E-state index contributed by atoms with van der Waals surface area (Å²) in [7, 11) is 0. The molecule has 0 N–H and O–H groups in total. The van der Waals surface area contributed by atoms with Crippen LogP contribution >= 0.6 is 0 Å². The van der Waals surface area contributed by atoms with Crippen molar-refractivity contribution in [2.75, 3.05) is 0 Å². The van der Waals surface area contributed by atoms with Gasteiger partial charge in [0, 0.05) is 43.8 Å². The fraction of sp³-hybridized carbons (Fsp3) is 0. The van der Waals surface area contributed by atoms with Gasteiger partial charge in [-0.1, -0.05) is 206 Å². The van der Waals surface area contributed by atoms with Crippen molar-refractivity contribution in [3.05, 3.63) is 298 Å². The van der Waals surface area contributed by atoms with Crippen molar-refractivity contribution in [3.63, 3.8) is 0 Å². The van der Waals surface area contributed by atoms with Crippen LogP contribution in [0.3, 0.4) is 0 Å². The molecule has 0 fully saturated rings. The van der Waals surface area contributed by atoms with Crippen LogP contribution in [0.5, 0.6) is 0 Å². The standard InChI is InChI=1S/C78H48N6O/c1-3-19-50(20-4-1)52-39-43-71-74(45-52)80-49-81(71)76-57(51-21-5-2-6-22-51)30-16-31-64(76)58-25-7-8-26-59(58)65-32-17-33-66-61-28-11-14-37-70(61)84(77(65)66)72-38-18-34-67-62-29-10-12-35-68(62)82(78(67)72)54-40-44-75(79-48-54)83-69-36-13-9-27-60(69)63-42-41-56(47-73(63)83)85-55-24-15-23-53(80)46-55/h1-48H/i1D,3D,4D,19D,20D. The average Bonchev–Trinajstić information content (AvgIpc) is 1.55. The van der Waals surface area contributed by atoms with Crippen LogP contribution in [0.1, 0.15) is 6.85 Å². The zero-order valence-corrected chi connectivity index (χ0v) is 45.4. The lowest BCUT2D eigenvalue weighted by Gasteiger charge is -2.11. The van der Waals surface area contributed by atoms with Gasteiger partial charge in [0.15, 0.2) is 0 Å². The molecular formula is C78H48N6O. The van der Waals surface area contributed by atoms with E-state index < -0.39 is 18.1 Å². The fourth-order valence-electron chi connectivity index (χ4n) is 13.5. The molecule has 0 spiro atoms. The van der Waals surface area contributed by atoms with Gasteiger partial charge in [0.1, 0.15) is 16.8 Å². The molecule has 0 aliphatic carbocycles. The van der Waals surface area contributed by atoms with E-state index in [1.54, 1.807) is 0 Å². The van der Waals surface area contributed by atoms with Gasteiger partial charge in [0.2, 0.25) is 0 Å². The van der Waals surface area contributed by atoms with Crippen molar-refractivity contribution < 1.29 is 15.7 Å². The third kappa shape index (κ3) is 7.14. The van der Waals surface area contributed by atoms with Crippen molar-refractivity contribution in [2.24, 2.45) is 0 Å². The summed E-state index contributed by atoms with van der Waals surface area (Å²) in [6.45, 7) is 0. The first-order chi connectivity index (χ1) is 44.3. The van der Waals surface area contributed by atoms with Gasteiger partial charge in [0.05, 0.1) is 79.3 Å². The molecule has 0 atom stereocenters. The van der Waals surface area contributed by atoms with Gasteiger partial charge in [-0.25, -0.2) is 4.98 Å². The van der Waals surface area contributed by atoms with Crippen LogP contribution in [-0.2, 0) is 0 Å². The first kappa shape index (κ1) is 42.3. The monoisotopic (exact) mass is 1090 g/mol. The Balaban J connectivity index is 1.10. The number of rotatable bonds is 2. The van der Waals surface area contributed by atoms with Crippen molar-refractivity contribution in [2.45, 2.75) is 0 Å². The quantitative estimate of drug-likeness (QED) is 0.128. The van der Waals surface area contributed by atoms with Crippen LogP contribution < -0.4 is 4.40 Å². The van der Waals surface area contributed by atoms with Gasteiger partial charge in [-0.2, -0.15) is 0 Å². The van der Waals surface area contributed by atoms with E-state index in [1.807, 2.05) is 65.2 Å². The Morgan fingerprint density at radius 2 is 0.953 bits per heavy atom. The van der Waals surface area contributed by atoms with Crippen LogP contribution in [0.4, 0.5) is 0 Å². The Hall–Kier alpha value is -11.5. The molecule has 0 aliphatic heterocycles. The molecule has 7 heterocycles. The summed E-state index contributed by atoms with van der Waals surface area (Å²) < 4.78 is 62.3. The van der Waals surface area contributed by atoms with Crippen LogP contribution in [0, 0.1) is 6.33 Å². The largest absolute Gasteiger partial charge is 0.458 e. The van der Waals surface area contributed by atoms with Gasteiger partial charge < -0.3 is 13.2 Å². The Labute approximate surface area is 492 Å². The molecule has 7 aromatic heterocycles. The van der Waals surface area contributed by atoms with Gasteiger partial charge in [-0.15, -0.1) is 0 Å². The normalized spacial score (nSPS) is 12.8. The summed E-state index contributed by atoms with van der Waals surface area (Å²) in [6.07, 6.45) is 5.87.